The van der Waals surface area contributed by atoms with Crippen molar-refractivity contribution in [1.82, 2.24) is 4.31 Å². The van der Waals surface area contributed by atoms with E-state index >= 15 is 0 Å². The minimum Gasteiger partial charge on any atom is -0.273 e. The van der Waals surface area contributed by atoms with E-state index in [1.807, 2.05) is 0 Å². The van der Waals surface area contributed by atoms with Gasteiger partial charge in [0.05, 0.1) is 12.0 Å². The van der Waals surface area contributed by atoms with Crippen LogP contribution in [0, 0.1) is 5.92 Å². The maximum Gasteiger partial charge on any atom is 0.362 e. The summed E-state index contributed by atoms with van der Waals surface area (Å²) in [6.45, 7) is 3.19. The Morgan fingerprint density at radius 3 is 2.09 bits per heavy atom. The number of carbonyl (C=O) groups excluding carboxylic acids is 1. The summed E-state index contributed by atoms with van der Waals surface area (Å²) in [7, 11) is -4.31. The van der Waals surface area contributed by atoms with Crippen molar-refractivity contribution in [3.8, 4) is 0 Å². The minimum atomic E-state index is -4.31. The lowest BCUT2D eigenvalue weighted by Crippen LogP contribution is -2.60. The van der Waals surface area contributed by atoms with Gasteiger partial charge in [0.2, 0.25) is 5.91 Å². The van der Waals surface area contributed by atoms with Gasteiger partial charge in [-0.1, -0.05) is 6.92 Å². The summed E-state index contributed by atoms with van der Waals surface area (Å²) in [5, 5.41) is 0. The van der Waals surface area contributed by atoms with Crippen LogP contribution in [0.1, 0.15) is 13.8 Å². The third-order valence-corrected chi connectivity index (χ3v) is 2.96. The van der Waals surface area contributed by atoms with Crippen LogP contribution in [0.2, 0.25) is 0 Å². The fourth-order valence-corrected chi connectivity index (χ4v) is 2.05. The van der Waals surface area contributed by atoms with E-state index in [0.29, 0.717) is 4.31 Å². The molecule has 0 unspecified atom stereocenters. The van der Waals surface area contributed by atoms with E-state index in [1.54, 1.807) is 13.8 Å². The lowest BCUT2D eigenvalue weighted by molar-refractivity contribution is -0.144. The Kier molecular flexibility index (Phi) is 1.68. The molecule has 0 aliphatic carbocycles. The van der Waals surface area contributed by atoms with Gasteiger partial charge >= 0.3 is 10.3 Å². The second kappa shape index (κ2) is 2.18. The quantitative estimate of drug-likeness (QED) is 0.441. The fourth-order valence-electron chi connectivity index (χ4n) is 1.05. The van der Waals surface area contributed by atoms with Crippen molar-refractivity contribution in [2.45, 2.75) is 19.9 Å². The highest BCUT2D eigenvalue weighted by Gasteiger charge is 2.47. The molecule has 1 heterocycles. The smallest absolute Gasteiger partial charge is 0.273 e. The van der Waals surface area contributed by atoms with Gasteiger partial charge in [0.15, 0.2) is 0 Å². The monoisotopic (exact) mass is 179 g/mol. The molecule has 64 valence electrons. The molecule has 5 nitrogen and oxygen atoms in total. The summed E-state index contributed by atoms with van der Waals surface area (Å²) < 4.78 is 29.8. The molecule has 0 aromatic heterocycles. The molecule has 0 spiro atoms. The van der Waals surface area contributed by atoms with E-state index in [4.69, 9.17) is 4.55 Å². The predicted octanol–water partition coefficient (Wildman–Crippen LogP) is -0.344. The van der Waals surface area contributed by atoms with Gasteiger partial charge in [-0.15, -0.1) is 0 Å². The Morgan fingerprint density at radius 2 is 1.91 bits per heavy atom. The molecule has 2 atom stereocenters. The molecule has 1 amide bonds. The molecule has 11 heavy (non-hydrogen) atoms. The third kappa shape index (κ3) is 1.12. The molecular formula is C5H9NO4S. The Hall–Kier alpha value is -0.620. The zero-order valence-corrected chi connectivity index (χ0v) is 7.00. The first-order valence-corrected chi connectivity index (χ1v) is 4.56. The first-order valence-electron chi connectivity index (χ1n) is 3.16. The van der Waals surface area contributed by atoms with Crippen LogP contribution >= 0.6 is 0 Å². The number of hydrogen-bond acceptors (Lipinski definition) is 3. The second-order valence-electron chi connectivity index (χ2n) is 2.64. The Labute approximate surface area is 64.9 Å². The highest BCUT2D eigenvalue weighted by Crippen LogP contribution is 2.27. The van der Waals surface area contributed by atoms with Crippen LogP contribution in [0.25, 0.3) is 0 Å². The zero-order valence-electron chi connectivity index (χ0n) is 6.18. The standard InChI is InChI=1S/C5H9NO4S/c1-3-4(2)6(5(3)7)11(8,9)10/h3-4H,1-2H3,(H,8,9,10)/t3-,4-/m0/s1. The molecule has 1 aliphatic rings. The summed E-state index contributed by atoms with van der Waals surface area (Å²) in [6, 6.07) is -0.419. The Balaban J connectivity index is 2.88. The van der Waals surface area contributed by atoms with Gasteiger partial charge in [-0.25, -0.2) is 4.31 Å². The van der Waals surface area contributed by atoms with Crippen LogP contribution in [-0.4, -0.2) is 29.2 Å². The van der Waals surface area contributed by atoms with E-state index < -0.39 is 22.3 Å². The summed E-state index contributed by atoms with van der Waals surface area (Å²) in [5.74, 6) is -0.850. The zero-order chi connectivity index (χ0) is 8.81. The van der Waals surface area contributed by atoms with Crippen LogP contribution in [-0.2, 0) is 15.1 Å². The van der Waals surface area contributed by atoms with Crippen molar-refractivity contribution in [1.29, 1.82) is 0 Å². The number of hydrogen-bond donors (Lipinski definition) is 1. The Morgan fingerprint density at radius 1 is 1.45 bits per heavy atom. The van der Waals surface area contributed by atoms with Crippen LogP contribution in [0.4, 0.5) is 0 Å². The van der Waals surface area contributed by atoms with Crippen molar-refractivity contribution in [2.24, 2.45) is 5.92 Å². The normalized spacial score (nSPS) is 31.9. The molecule has 0 aromatic carbocycles. The summed E-state index contributed by atoms with van der Waals surface area (Å²) in [6.07, 6.45) is 0. The second-order valence-corrected chi connectivity index (χ2v) is 3.93. The average molecular weight is 179 g/mol. The van der Waals surface area contributed by atoms with E-state index in [0.717, 1.165) is 0 Å². The highest BCUT2D eigenvalue weighted by atomic mass is 32.2. The molecule has 1 aliphatic heterocycles. The number of amides is 1. The van der Waals surface area contributed by atoms with Crippen molar-refractivity contribution in [3.05, 3.63) is 0 Å². The van der Waals surface area contributed by atoms with Crippen LogP contribution in [0.15, 0.2) is 0 Å². The number of carbonyl (C=O) groups is 1. The molecule has 1 saturated heterocycles. The molecule has 0 bridgehead atoms. The van der Waals surface area contributed by atoms with E-state index in [1.165, 1.54) is 0 Å². The van der Waals surface area contributed by atoms with Gasteiger partial charge in [0, 0.05) is 0 Å². The maximum absolute atomic E-state index is 10.8. The summed E-state index contributed by atoms with van der Waals surface area (Å²) >= 11 is 0. The Bertz CT molecular complexity index is 283. The van der Waals surface area contributed by atoms with E-state index in [9.17, 15) is 13.2 Å². The largest absolute Gasteiger partial charge is 0.362 e. The lowest BCUT2D eigenvalue weighted by Gasteiger charge is -2.40. The number of rotatable bonds is 1. The van der Waals surface area contributed by atoms with E-state index in [2.05, 4.69) is 0 Å². The van der Waals surface area contributed by atoms with Crippen LogP contribution in [0.3, 0.4) is 0 Å². The minimum absolute atomic E-state index is 0.308. The molecule has 0 saturated carbocycles. The molecule has 6 heteroatoms. The molecule has 0 aromatic rings. The maximum atomic E-state index is 10.8. The first-order chi connectivity index (χ1) is 4.85. The van der Waals surface area contributed by atoms with Crippen molar-refractivity contribution in [3.63, 3.8) is 0 Å². The van der Waals surface area contributed by atoms with Crippen molar-refractivity contribution in [2.75, 3.05) is 0 Å². The van der Waals surface area contributed by atoms with Crippen LogP contribution < -0.4 is 0 Å². The van der Waals surface area contributed by atoms with Gasteiger partial charge in [0.1, 0.15) is 0 Å². The molecule has 1 N–H and O–H groups in total. The number of nitrogens with zero attached hydrogens (tertiary/aromatic N) is 1. The fraction of sp³-hybridized carbons (Fsp3) is 0.800. The van der Waals surface area contributed by atoms with Gasteiger partial charge in [-0.2, -0.15) is 8.42 Å². The molecule has 1 fully saturated rings. The highest BCUT2D eigenvalue weighted by molar-refractivity contribution is 7.84. The number of β-lactam (4-membered cyclic amide) rings is 1. The topological polar surface area (TPSA) is 74.7 Å². The predicted molar refractivity (Wildman–Crippen MR) is 37.0 cm³/mol. The molecule has 0 radical (unpaired) electrons. The third-order valence-electron chi connectivity index (χ3n) is 1.95. The summed E-state index contributed by atoms with van der Waals surface area (Å²) in [4.78, 5) is 10.8. The van der Waals surface area contributed by atoms with Crippen LogP contribution in [0.5, 0.6) is 0 Å². The van der Waals surface area contributed by atoms with Gasteiger partial charge in [-0.3, -0.25) is 9.35 Å². The SMILES string of the molecule is C[C@@H]1C(=O)N(S(=O)(=O)O)[C@H]1C. The molecule has 1 rings (SSSR count). The molecular weight excluding hydrogens is 170 g/mol. The summed E-state index contributed by atoms with van der Waals surface area (Å²) in [5.41, 5.74) is 0. The van der Waals surface area contributed by atoms with Gasteiger partial charge in [-0.05, 0) is 6.92 Å². The van der Waals surface area contributed by atoms with Crippen molar-refractivity contribution < 1.29 is 17.8 Å². The van der Waals surface area contributed by atoms with E-state index in [-0.39, 0.29) is 5.92 Å². The average Bonchev–Trinajstić information content (AvgIpc) is 1.85. The lowest BCUT2D eigenvalue weighted by atomic mass is 9.95. The van der Waals surface area contributed by atoms with Crippen molar-refractivity contribution >= 4 is 16.2 Å². The van der Waals surface area contributed by atoms with Gasteiger partial charge in [0.25, 0.3) is 0 Å². The van der Waals surface area contributed by atoms with Gasteiger partial charge < -0.3 is 0 Å². The first kappa shape index (κ1) is 8.48.